The molecule has 1 saturated heterocycles. The van der Waals surface area contributed by atoms with Crippen molar-refractivity contribution in [2.24, 2.45) is 0 Å². The van der Waals surface area contributed by atoms with Crippen LogP contribution >= 0.6 is 0 Å². The Labute approximate surface area is 189 Å². The molecule has 0 radical (unpaired) electrons. The molecule has 10 nitrogen and oxygen atoms in total. The van der Waals surface area contributed by atoms with Crippen LogP contribution in [0.3, 0.4) is 0 Å². The lowest BCUT2D eigenvalue weighted by molar-refractivity contribution is -0.384. The molecule has 6 aliphatic heterocycles. The second kappa shape index (κ2) is 6.95. The van der Waals surface area contributed by atoms with Crippen LogP contribution in [0.2, 0.25) is 0 Å². The third-order valence-corrected chi connectivity index (χ3v) is 7.02. The average molecular weight is 447 g/mol. The van der Waals surface area contributed by atoms with Gasteiger partial charge in [0, 0.05) is 73.8 Å². The number of hydroxylamine groups is 1. The molecular weight excluding hydrogens is 426 g/mol. The third-order valence-electron chi connectivity index (χ3n) is 7.02. The zero-order chi connectivity index (χ0) is 22.9. The number of rotatable bonds is 6. The zero-order valence-corrected chi connectivity index (χ0v) is 17.8. The van der Waals surface area contributed by atoms with Gasteiger partial charge in [-0.2, -0.15) is 4.76 Å². The van der Waals surface area contributed by atoms with Gasteiger partial charge < -0.3 is 10.1 Å². The van der Waals surface area contributed by atoms with E-state index in [9.17, 15) is 24.9 Å². The molecule has 2 aromatic rings. The highest BCUT2D eigenvalue weighted by molar-refractivity contribution is 6.30. The molecule has 0 aromatic heterocycles. The van der Waals surface area contributed by atoms with Crippen LogP contribution in [-0.4, -0.2) is 65.7 Å². The molecule has 2 aromatic carbocycles. The number of benzene rings is 2. The quantitative estimate of drug-likeness (QED) is 0.287. The van der Waals surface area contributed by atoms with Crippen molar-refractivity contribution in [3.05, 3.63) is 80.3 Å². The smallest absolute Gasteiger partial charge is 0.271 e. The predicted molar refractivity (Wildman–Crippen MR) is 120 cm³/mol. The first-order valence-electron chi connectivity index (χ1n) is 11.0. The number of anilines is 1. The monoisotopic (exact) mass is 447 g/mol. The lowest BCUT2D eigenvalue weighted by atomic mass is 9.90. The van der Waals surface area contributed by atoms with E-state index < -0.39 is 4.76 Å². The second-order valence-electron chi connectivity index (χ2n) is 8.74. The molecule has 10 heteroatoms. The van der Waals surface area contributed by atoms with Gasteiger partial charge in [0.05, 0.1) is 11.5 Å². The summed E-state index contributed by atoms with van der Waals surface area (Å²) in [7, 11) is 0. The van der Waals surface area contributed by atoms with Crippen LogP contribution in [-0.2, 0) is 0 Å². The van der Waals surface area contributed by atoms with E-state index in [1.165, 1.54) is 11.1 Å². The van der Waals surface area contributed by atoms with Crippen molar-refractivity contribution in [1.82, 2.24) is 14.7 Å². The van der Waals surface area contributed by atoms with Gasteiger partial charge in [-0.1, -0.05) is 6.07 Å². The van der Waals surface area contributed by atoms with Crippen LogP contribution in [0.15, 0.2) is 53.9 Å². The van der Waals surface area contributed by atoms with Gasteiger partial charge in [-0.25, -0.2) is 5.01 Å². The van der Waals surface area contributed by atoms with Crippen molar-refractivity contribution < 1.29 is 14.5 Å². The lowest BCUT2D eigenvalue weighted by Crippen LogP contribution is -2.67. The van der Waals surface area contributed by atoms with Crippen LogP contribution in [0.5, 0.6) is 0 Å². The highest BCUT2D eigenvalue weighted by atomic mass is 16.6. The Morgan fingerprint density at radius 3 is 2.48 bits per heavy atom. The second-order valence-corrected chi connectivity index (χ2v) is 8.74. The summed E-state index contributed by atoms with van der Waals surface area (Å²) < 4.78 is -0.954. The lowest BCUT2D eigenvalue weighted by Gasteiger charge is -2.55. The molecular formula is C23H21N5O5. The molecule has 33 heavy (non-hydrogen) atoms. The number of nitro benzene ring substituents is 1. The Balaban J connectivity index is 1.08. The third kappa shape index (κ3) is 2.71. The molecule has 0 N–H and O–H groups in total. The number of hydrogen-bond acceptors (Lipinski definition) is 8. The maximum Gasteiger partial charge on any atom is 0.271 e. The van der Waals surface area contributed by atoms with E-state index in [4.69, 9.17) is 0 Å². The van der Waals surface area contributed by atoms with E-state index >= 15 is 0 Å². The fourth-order valence-corrected chi connectivity index (χ4v) is 5.31. The molecule has 6 heterocycles. The Morgan fingerprint density at radius 2 is 1.73 bits per heavy atom. The van der Waals surface area contributed by atoms with Crippen LogP contribution in [0, 0.1) is 15.3 Å². The summed E-state index contributed by atoms with van der Waals surface area (Å²) in [6.07, 6.45) is 0.681. The standard InChI is InChI=1S/C23H21N5O5/c29-22-19-14-17-5-6-18(19)23(30)21-20(22)26(28(17,21)33)8-2-7-24-9-11-25(12-10-24)15-3-1-4-16(13-15)27(31)32/h1,3-6,13-14H,2,7-12H2. The summed E-state index contributed by atoms with van der Waals surface area (Å²) >= 11 is 0. The number of fused-ring (bicyclic) bond motifs is 1. The van der Waals surface area contributed by atoms with Gasteiger partial charge in [-0.05, 0) is 18.6 Å². The Hall–Kier alpha value is -3.60. The fraction of sp³-hybridized carbons (Fsp3) is 0.304. The number of nitrogens with zero attached hydrogens (tertiary/aromatic N) is 5. The summed E-state index contributed by atoms with van der Waals surface area (Å²) in [5.74, 6) is -0.558. The van der Waals surface area contributed by atoms with Gasteiger partial charge in [-0.3, -0.25) is 24.6 Å². The topological polar surface area (TPSA) is 110 Å². The van der Waals surface area contributed by atoms with Crippen LogP contribution < -0.4 is 9.66 Å². The number of allylic oxidation sites excluding steroid dienone is 2. The van der Waals surface area contributed by atoms with Crippen molar-refractivity contribution in [3.8, 4) is 0 Å². The summed E-state index contributed by atoms with van der Waals surface area (Å²) in [6.45, 7) is 4.25. The molecule has 6 bridgehead atoms. The number of quaternary nitrogens is 1. The van der Waals surface area contributed by atoms with E-state index in [2.05, 4.69) is 9.80 Å². The van der Waals surface area contributed by atoms with E-state index in [1.54, 1.807) is 30.3 Å². The van der Waals surface area contributed by atoms with E-state index in [-0.39, 0.29) is 33.6 Å². The maximum absolute atomic E-state index is 13.6. The normalized spacial score (nSPS) is 23.3. The van der Waals surface area contributed by atoms with Gasteiger partial charge in [-0.15, -0.1) is 0 Å². The maximum atomic E-state index is 13.6. The van der Waals surface area contributed by atoms with Gasteiger partial charge in [0.25, 0.3) is 11.5 Å². The van der Waals surface area contributed by atoms with Crippen LogP contribution in [0.25, 0.3) is 0 Å². The Kier molecular flexibility index (Phi) is 4.22. The number of hydrogen-bond donors (Lipinski definition) is 0. The fourth-order valence-electron chi connectivity index (χ4n) is 5.31. The average Bonchev–Trinajstić information content (AvgIpc) is 3.03. The molecule has 0 saturated carbocycles. The summed E-state index contributed by atoms with van der Waals surface area (Å²) in [5, 5.41) is 26.2. The number of Topliss-reactive ketones (excluding diaryl/α,β-unsaturated/α-hetero) is 2. The minimum Gasteiger partial charge on any atom is -0.596 e. The first-order valence-corrected chi connectivity index (χ1v) is 11.0. The van der Waals surface area contributed by atoms with Crippen molar-refractivity contribution in [1.29, 1.82) is 0 Å². The number of piperazine rings is 1. The first-order chi connectivity index (χ1) is 15.9. The molecule has 1 fully saturated rings. The SMILES string of the molecule is O=C1C2=C3C(=O)c4ccc(cc41)[N+]3([O-])N2CCCN1CCN(c2cccc([N+](=O)[O-])c2)CC1. The highest BCUT2D eigenvalue weighted by Crippen LogP contribution is 2.52. The zero-order valence-electron chi connectivity index (χ0n) is 17.8. The van der Waals surface area contributed by atoms with Crippen molar-refractivity contribution in [2.75, 3.05) is 44.2 Å². The van der Waals surface area contributed by atoms with Crippen molar-refractivity contribution in [3.63, 3.8) is 0 Å². The number of carbonyl (C=O) groups is 2. The summed E-state index contributed by atoms with van der Waals surface area (Å²) in [4.78, 5) is 40.6. The van der Waals surface area contributed by atoms with Crippen molar-refractivity contribution in [2.45, 2.75) is 6.42 Å². The molecule has 1 aliphatic carbocycles. The largest absolute Gasteiger partial charge is 0.596 e. The minimum absolute atomic E-state index is 0.0538. The molecule has 0 spiro atoms. The number of nitro groups is 1. The number of carbonyl (C=O) groups excluding carboxylic acids is 2. The van der Waals surface area contributed by atoms with Gasteiger partial charge in [0.1, 0.15) is 0 Å². The molecule has 7 aliphatic rings. The Morgan fingerprint density at radius 1 is 0.939 bits per heavy atom. The van der Waals surface area contributed by atoms with Gasteiger partial charge in [0.15, 0.2) is 5.69 Å². The summed E-state index contributed by atoms with van der Waals surface area (Å²) in [6, 6.07) is 11.5. The molecule has 1 unspecified atom stereocenters. The van der Waals surface area contributed by atoms with Crippen LogP contribution in [0.4, 0.5) is 17.1 Å². The Bertz CT molecular complexity index is 1270. The van der Waals surface area contributed by atoms with E-state index in [1.807, 2.05) is 6.07 Å². The van der Waals surface area contributed by atoms with E-state index in [0.717, 1.165) is 38.4 Å². The molecule has 1 atom stereocenters. The van der Waals surface area contributed by atoms with Crippen LogP contribution in [0.1, 0.15) is 27.1 Å². The molecule has 9 rings (SSSR count). The number of ketones is 2. The van der Waals surface area contributed by atoms with E-state index in [0.29, 0.717) is 29.8 Å². The van der Waals surface area contributed by atoms with Gasteiger partial charge >= 0.3 is 0 Å². The minimum atomic E-state index is -0.954. The highest BCUT2D eigenvalue weighted by Gasteiger charge is 2.61. The van der Waals surface area contributed by atoms with Gasteiger partial charge in [0.2, 0.25) is 17.2 Å². The summed E-state index contributed by atoms with van der Waals surface area (Å²) in [5.41, 5.74) is 2.33. The first kappa shape index (κ1) is 20.0. The predicted octanol–water partition coefficient (Wildman–Crippen LogP) is 2.45. The number of non-ortho nitro benzene ring substituents is 1. The molecule has 0 amide bonds. The molecule has 168 valence electrons. The van der Waals surface area contributed by atoms with Crippen molar-refractivity contribution >= 4 is 28.6 Å².